The van der Waals surface area contributed by atoms with Crippen LogP contribution >= 0.6 is 0 Å². The molecule has 2 rings (SSSR count). The van der Waals surface area contributed by atoms with E-state index in [2.05, 4.69) is 10.3 Å². The summed E-state index contributed by atoms with van der Waals surface area (Å²) in [5, 5.41) is 3.23. The maximum absolute atomic E-state index is 13.7. The Morgan fingerprint density at radius 3 is 2.72 bits per heavy atom. The zero-order chi connectivity index (χ0) is 13.0. The van der Waals surface area contributed by atoms with Gasteiger partial charge in [0.2, 0.25) is 0 Å². The van der Waals surface area contributed by atoms with Crippen LogP contribution < -0.4 is 5.32 Å². The van der Waals surface area contributed by atoms with Crippen LogP contribution in [0.2, 0.25) is 0 Å². The third-order valence-electron chi connectivity index (χ3n) is 2.74. The third kappa shape index (κ3) is 3.14. The lowest BCUT2D eigenvalue weighted by atomic mass is 10.0. The van der Waals surface area contributed by atoms with Crippen molar-refractivity contribution in [3.63, 3.8) is 0 Å². The van der Waals surface area contributed by atoms with Crippen LogP contribution in [0.3, 0.4) is 0 Å². The Hall–Kier alpha value is -1.74. The van der Waals surface area contributed by atoms with E-state index in [1.54, 1.807) is 18.5 Å². The number of benzene rings is 1. The smallest absolute Gasteiger partial charge is 0.127 e. The van der Waals surface area contributed by atoms with E-state index in [-0.39, 0.29) is 5.82 Å². The second-order valence-corrected chi connectivity index (χ2v) is 4.58. The molecule has 2 aromatic rings. The molecular weight excluding hydrogens is 227 g/mol. The Morgan fingerprint density at radius 2 is 2.06 bits per heavy atom. The van der Waals surface area contributed by atoms with E-state index in [1.807, 2.05) is 32.0 Å². The van der Waals surface area contributed by atoms with Crippen molar-refractivity contribution in [1.29, 1.82) is 0 Å². The van der Waals surface area contributed by atoms with Crippen molar-refractivity contribution in [2.24, 2.45) is 0 Å². The SMILES string of the molecule is CC(C)NCc1cc(-c2cccnc2)ccc1F. The van der Waals surface area contributed by atoms with Gasteiger partial charge in [-0.1, -0.05) is 26.0 Å². The van der Waals surface area contributed by atoms with Gasteiger partial charge in [-0.05, 0) is 23.8 Å². The maximum atomic E-state index is 13.7. The van der Waals surface area contributed by atoms with Crippen molar-refractivity contribution in [2.75, 3.05) is 0 Å². The molecule has 1 aromatic carbocycles. The van der Waals surface area contributed by atoms with Crippen LogP contribution in [0.1, 0.15) is 19.4 Å². The van der Waals surface area contributed by atoms with E-state index in [4.69, 9.17) is 0 Å². The number of aromatic nitrogens is 1. The molecule has 94 valence electrons. The number of pyridine rings is 1. The topological polar surface area (TPSA) is 24.9 Å². The van der Waals surface area contributed by atoms with Gasteiger partial charge in [-0.3, -0.25) is 4.98 Å². The predicted molar refractivity (Wildman–Crippen MR) is 71.6 cm³/mol. The largest absolute Gasteiger partial charge is 0.310 e. The molecule has 0 aliphatic rings. The first-order valence-electron chi connectivity index (χ1n) is 6.09. The number of nitrogens with zero attached hydrogens (tertiary/aromatic N) is 1. The molecule has 1 aromatic heterocycles. The second kappa shape index (κ2) is 5.74. The van der Waals surface area contributed by atoms with Crippen LogP contribution in [0.15, 0.2) is 42.7 Å². The van der Waals surface area contributed by atoms with Crippen molar-refractivity contribution in [1.82, 2.24) is 10.3 Å². The zero-order valence-electron chi connectivity index (χ0n) is 10.7. The summed E-state index contributed by atoms with van der Waals surface area (Å²) in [6.07, 6.45) is 3.52. The minimum atomic E-state index is -0.171. The lowest BCUT2D eigenvalue weighted by Gasteiger charge is -2.10. The molecule has 0 spiro atoms. The monoisotopic (exact) mass is 244 g/mol. The van der Waals surface area contributed by atoms with E-state index in [0.29, 0.717) is 18.2 Å². The number of rotatable bonds is 4. The summed E-state index contributed by atoms with van der Waals surface area (Å²) in [5.74, 6) is -0.171. The van der Waals surface area contributed by atoms with Crippen LogP contribution in [-0.4, -0.2) is 11.0 Å². The Kier molecular flexibility index (Phi) is 4.05. The molecule has 1 N–H and O–H groups in total. The molecule has 0 atom stereocenters. The number of nitrogens with one attached hydrogen (secondary N) is 1. The van der Waals surface area contributed by atoms with Crippen LogP contribution in [0.4, 0.5) is 4.39 Å². The van der Waals surface area contributed by atoms with Crippen LogP contribution in [0, 0.1) is 5.82 Å². The van der Waals surface area contributed by atoms with E-state index >= 15 is 0 Å². The maximum Gasteiger partial charge on any atom is 0.127 e. The molecular formula is C15H17FN2. The van der Waals surface area contributed by atoms with Gasteiger partial charge in [-0.15, -0.1) is 0 Å². The van der Waals surface area contributed by atoms with Gasteiger partial charge in [0.05, 0.1) is 0 Å². The van der Waals surface area contributed by atoms with Crippen LogP contribution in [-0.2, 0) is 6.54 Å². The molecule has 0 aliphatic heterocycles. The molecule has 0 unspecified atom stereocenters. The molecule has 1 heterocycles. The molecule has 18 heavy (non-hydrogen) atoms. The van der Waals surface area contributed by atoms with Crippen molar-refractivity contribution in [2.45, 2.75) is 26.4 Å². The fourth-order valence-corrected chi connectivity index (χ4v) is 1.74. The molecule has 0 bridgehead atoms. The first-order chi connectivity index (χ1) is 8.66. The lowest BCUT2D eigenvalue weighted by molar-refractivity contribution is 0.553. The predicted octanol–water partition coefficient (Wildman–Crippen LogP) is 3.39. The van der Waals surface area contributed by atoms with Gasteiger partial charge in [-0.2, -0.15) is 0 Å². The summed E-state index contributed by atoms with van der Waals surface area (Å²) >= 11 is 0. The minimum Gasteiger partial charge on any atom is -0.310 e. The molecule has 3 heteroatoms. The average molecular weight is 244 g/mol. The number of hydrogen-bond acceptors (Lipinski definition) is 2. The Morgan fingerprint density at radius 1 is 1.22 bits per heavy atom. The number of hydrogen-bond donors (Lipinski definition) is 1. The normalized spacial score (nSPS) is 10.9. The summed E-state index contributed by atoms with van der Waals surface area (Å²) in [6, 6.07) is 9.36. The lowest BCUT2D eigenvalue weighted by Crippen LogP contribution is -2.22. The van der Waals surface area contributed by atoms with Gasteiger partial charge in [0, 0.05) is 36.1 Å². The molecule has 0 aliphatic carbocycles. The Bertz CT molecular complexity index is 509. The van der Waals surface area contributed by atoms with Gasteiger partial charge in [-0.25, -0.2) is 4.39 Å². The van der Waals surface area contributed by atoms with Crippen LogP contribution in [0.5, 0.6) is 0 Å². The van der Waals surface area contributed by atoms with E-state index in [9.17, 15) is 4.39 Å². The highest BCUT2D eigenvalue weighted by Gasteiger charge is 2.05. The van der Waals surface area contributed by atoms with Crippen molar-refractivity contribution in [3.8, 4) is 11.1 Å². The van der Waals surface area contributed by atoms with Gasteiger partial charge in [0.15, 0.2) is 0 Å². The van der Waals surface area contributed by atoms with Crippen molar-refractivity contribution in [3.05, 3.63) is 54.1 Å². The third-order valence-corrected chi connectivity index (χ3v) is 2.74. The van der Waals surface area contributed by atoms with E-state index in [0.717, 1.165) is 11.1 Å². The highest BCUT2D eigenvalue weighted by molar-refractivity contribution is 5.63. The molecule has 2 nitrogen and oxygen atoms in total. The summed E-state index contributed by atoms with van der Waals surface area (Å²) in [6.45, 7) is 4.63. The first kappa shape index (κ1) is 12.7. The standard InChI is InChI=1S/C15H17FN2/c1-11(2)18-10-14-8-12(5-6-15(14)16)13-4-3-7-17-9-13/h3-9,11,18H,10H2,1-2H3. The van der Waals surface area contributed by atoms with Gasteiger partial charge >= 0.3 is 0 Å². The van der Waals surface area contributed by atoms with Gasteiger partial charge < -0.3 is 5.32 Å². The minimum absolute atomic E-state index is 0.171. The Labute approximate surface area is 107 Å². The van der Waals surface area contributed by atoms with Crippen molar-refractivity contribution >= 4 is 0 Å². The summed E-state index contributed by atoms with van der Waals surface area (Å²) < 4.78 is 13.7. The average Bonchev–Trinajstić information content (AvgIpc) is 2.38. The second-order valence-electron chi connectivity index (χ2n) is 4.58. The highest BCUT2D eigenvalue weighted by Crippen LogP contribution is 2.21. The van der Waals surface area contributed by atoms with Crippen molar-refractivity contribution < 1.29 is 4.39 Å². The van der Waals surface area contributed by atoms with Gasteiger partial charge in [0.1, 0.15) is 5.82 Å². The molecule has 0 saturated carbocycles. The fourth-order valence-electron chi connectivity index (χ4n) is 1.74. The van der Waals surface area contributed by atoms with Gasteiger partial charge in [0.25, 0.3) is 0 Å². The Balaban J connectivity index is 2.26. The molecule has 0 radical (unpaired) electrons. The fraction of sp³-hybridized carbons (Fsp3) is 0.267. The molecule has 0 fully saturated rings. The summed E-state index contributed by atoms with van der Waals surface area (Å²) in [5.41, 5.74) is 2.68. The van der Waals surface area contributed by atoms with E-state index < -0.39 is 0 Å². The first-order valence-corrected chi connectivity index (χ1v) is 6.09. The summed E-state index contributed by atoms with van der Waals surface area (Å²) in [7, 11) is 0. The molecule has 0 amide bonds. The van der Waals surface area contributed by atoms with E-state index in [1.165, 1.54) is 6.07 Å². The zero-order valence-corrected chi connectivity index (χ0v) is 10.7. The summed E-state index contributed by atoms with van der Waals surface area (Å²) in [4.78, 5) is 4.08. The molecule has 0 saturated heterocycles. The quantitative estimate of drug-likeness (QED) is 0.891. The number of halogens is 1. The van der Waals surface area contributed by atoms with Crippen LogP contribution in [0.25, 0.3) is 11.1 Å². The highest BCUT2D eigenvalue weighted by atomic mass is 19.1.